The lowest BCUT2D eigenvalue weighted by molar-refractivity contribution is -0.137. The number of carbonyl (C=O) groups is 3. The molecular weight excluding hydrogens is 356 g/mol. The van der Waals surface area contributed by atoms with E-state index in [0.29, 0.717) is 12.8 Å². The largest absolute Gasteiger partial charge is 0.481 e. The van der Waals surface area contributed by atoms with Crippen LogP contribution >= 0.6 is 0 Å². The number of aryl methyl sites for hydroxylation is 1. The molecule has 146 valence electrons. The topological polar surface area (TPSA) is 95.5 Å². The maximum absolute atomic E-state index is 12.5. The molecule has 6 heteroatoms. The van der Waals surface area contributed by atoms with Gasteiger partial charge in [-0.3, -0.25) is 14.4 Å². The molecule has 1 heterocycles. The lowest BCUT2D eigenvalue weighted by Crippen LogP contribution is -2.33. The maximum Gasteiger partial charge on any atom is 0.305 e. The van der Waals surface area contributed by atoms with Gasteiger partial charge in [0.25, 0.3) is 0 Å². The number of nitrogens with one attached hydrogen (secondary N) is 2. The first-order valence-electron chi connectivity index (χ1n) is 9.39. The monoisotopic (exact) mass is 380 g/mol. The normalized spacial score (nSPS) is 16.6. The number of benzene rings is 2. The summed E-state index contributed by atoms with van der Waals surface area (Å²) in [7, 11) is 0. The third-order valence-corrected chi connectivity index (χ3v) is 5.11. The molecule has 1 aliphatic heterocycles. The van der Waals surface area contributed by atoms with Crippen LogP contribution in [0.4, 0.5) is 5.69 Å². The van der Waals surface area contributed by atoms with Crippen LogP contribution in [0.5, 0.6) is 0 Å². The number of hydrogen-bond donors (Lipinski definition) is 3. The molecule has 0 fully saturated rings. The molecule has 0 aromatic heterocycles. The van der Waals surface area contributed by atoms with Crippen LogP contribution in [0.2, 0.25) is 0 Å². The fourth-order valence-corrected chi connectivity index (χ4v) is 3.61. The lowest BCUT2D eigenvalue weighted by Gasteiger charge is -2.25. The Morgan fingerprint density at radius 1 is 1.18 bits per heavy atom. The first-order chi connectivity index (χ1) is 13.4. The molecule has 6 nitrogen and oxygen atoms in total. The molecule has 0 spiro atoms. The number of carboxylic acid groups (broad SMARTS) is 1. The number of carboxylic acids is 1. The molecule has 2 atom stereocenters. The second-order valence-corrected chi connectivity index (χ2v) is 7.16. The summed E-state index contributed by atoms with van der Waals surface area (Å²) in [5.74, 6) is -1.57. The summed E-state index contributed by atoms with van der Waals surface area (Å²) < 4.78 is 0. The van der Waals surface area contributed by atoms with E-state index in [0.717, 1.165) is 22.4 Å². The third-order valence-electron chi connectivity index (χ3n) is 5.11. The Balaban J connectivity index is 1.61. The fraction of sp³-hybridized carbons (Fsp3) is 0.318. The summed E-state index contributed by atoms with van der Waals surface area (Å²) in [4.78, 5) is 36.0. The van der Waals surface area contributed by atoms with Gasteiger partial charge in [0.05, 0.1) is 12.5 Å². The van der Waals surface area contributed by atoms with Crippen molar-refractivity contribution >= 4 is 23.5 Å². The zero-order valence-corrected chi connectivity index (χ0v) is 15.8. The minimum atomic E-state index is -0.975. The van der Waals surface area contributed by atoms with Crippen molar-refractivity contribution in [1.82, 2.24) is 5.32 Å². The van der Waals surface area contributed by atoms with Gasteiger partial charge in [-0.25, -0.2) is 0 Å². The molecule has 0 radical (unpaired) electrons. The molecule has 28 heavy (non-hydrogen) atoms. The van der Waals surface area contributed by atoms with Gasteiger partial charge in [-0.1, -0.05) is 42.5 Å². The van der Waals surface area contributed by atoms with Gasteiger partial charge in [-0.15, -0.1) is 0 Å². The minimum Gasteiger partial charge on any atom is -0.481 e. The van der Waals surface area contributed by atoms with Crippen molar-refractivity contribution in [3.63, 3.8) is 0 Å². The highest BCUT2D eigenvalue weighted by Gasteiger charge is 2.27. The van der Waals surface area contributed by atoms with Gasteiger partial charge in [-0.05, 0) is 42.5 Å². The van der Waals surface area contributed by atoms with Crippen molar-refractivity contribution in [3.8, 4) is 0 Å². The van der Waals surface area contributed by atoms with Gasteiger partial charge in [0.1, 0.15) is 0 Å². The molecule has 2 aromatic rings. The number of carbonyl (C=O) groups excluding carboxylic acids is 2. The van der Waals surface area contributed by atoms with Gasteiger partial charge in [0.2, 0.25) is 11.8 Å². The molecule has 0 aliphatic carbocycles. The number of rotatable bonds is 7. The third kappa shape index (κ3) is 4.76. The minimum absolute atomic E-state index is 0.0764. The molecule has 3 N–H and O–H groups in total. The standard InChI is InChI=1S/C22H24N2O4/c1-14-6-2-4-8-17(14)19(13-21(26)27)23-20(25)11-10-16-12-15-7-3-5-9-18(15)24-22(16)28/h2-9,16,19H,10-13H2,1H3,(H,23,25)(H,24,28)(H,26,27)/t16-,19+/m1/s1. The molecule has 0 unspecified atom stereocenters. The summed E-state index contributed by atoms with van der Waals surface area (Å²) in [5, 5.41) is 14.9. The molecule has 0 saturated heterocycles. The lowest BCUT2D eigenvalue weighted by atomic mass is 9.89. The van der Waals surface area contributed by atoms with E-state index in [1.807, 2.05) is 55.5 Å². The number of amides is 2. The van der Waals surface area contributed by atoms with Gasteiger partial charge >= 0.3 is 5.97 Å². The number of fused-ring (bicyclic) bond motifs is 1. The van der Waals surface area contributed by atoms with E-state index in [1.54, 1.807) is 0 Å². The quantitative estimate of drug-likeness (QED) is 0.687. The first-order valence-corrected chi connectivity index (χ1v) is 9.39. The Morgan fingerprint density at radius 3 is 2.64 bits per heavy atom. The van der Waals surface area contributed by atoms with Gasteiger partial charge < -0.3 is 15.7 Å². The van der Waals surface area contributed by atoms with E-state index < -0.39 is 12.0 Å². The van der Waals surface area contributed by atoms with Crippen molar-refractivity contribution in [1.29, 1.82) is 0 Å². The van der Waals surface area contributed by atoms with Crippen molar-refractivity contribution in [2.75, 3.05) is 5.32 Å². The van der Waals surface area contributed by atoms with Crippen LogP contribution in [-0.4, -0.2) is 22.9 Å². The summed E-state index contributed by atoms with van der Waals surface area (Å²) >= 11 is 0. The zero-order valence-electron chi connectivity index (χ0n) is 15.8. The number of hydrogen-bond acceptors (Lipinski definition) is 3. The van der Waals surface area contributed by atoms with Gasteiger partial charge in [0.15, 0.2) is 0 Å². The zero-order chi connectivity index (χ0) is 20.1. The summed E-state index contributed by atoms with van der Waals surface area (Å²) in [6, 6.07) is 14.5. The summed E-state index contributed by atoms with van der Waals surface area (Å²) in [5.41, 5.74) is 3.62. The van der Waals surface area contributed by atoms with Crippen LogP contribution in [0.25, 0.3) is 0 Å². The second-order valence-electron chi connectivity index (χ2n) is 7.16. The highest BCUT2D eigenvalue weighted by Crippen LogP contribution is 2.28. The number of anilines is 1. The highest BCUT2D eigenvalue weighted by molar-refractivity contribution is 5.96. The van der Waals surface area contributed by atoms with Gasteiger partial charge in [0, 0.05) is 18.0 Å². The Bertz CT molecular complexity index is 894. The molecule has 2 aromatic carbocycles. The molecular formula is C22H24N2O4. The van der Waals surface area contributed by atoms with E-state index in [-0.39, 0.29) is 30.6 Å². The van der Waals surface area contributed by atoms with Crippen molar-refractivity contribution < 1.29 is 19.5 Å². The highest BCUT2D eigenvalue weighted by atomic mass is 16.4. The smallest absolute Gasteiger partial charge is 0.305 e. The van der Waals surface area contributed by atoms with E-state index >= 15 is 0 Å². The maximum atomic E-state index is 12.5. The Hall–Kier alpha value is -3.15. The average molecular weight is 380 g/mol. The van der Waals surface area contributed by atoms with Crippen molar-refractivity contribution in [2.45, 2.75) is 38.6 Å². The number of para-hydroxylation sites is 1. The van der Waals surface area contributed by atoms with Crippen LogP contribution in [0.1, 0.15) is 42.0 Å². The average Bonchev–Trinajstić information content (AvgIpc) is 2.66. The van der Waals surface area contributed by atoms with Gasteiger partial charge in [-0.2, -0.15) is 0 Å². The fourth-order valence-electron chi connectivity index (χ4n) is 3.61. The van der Waals surface area contributed by atoms with Crippen LogP contribution < -0.4 is 10.6 Å². The Kier molecular flexibility index (Phi) is 6.09. The van der Waals surface area contributed by atoms with E-state index in [1.165, 1.54) is 0 Å². The molecule has 0 saturated carbocycles. The number of aliphatic carboxylic acids is 1. The van der Waals surface area contributed by atoms with E-state index in [9.17, 15) is 19.5 Å². The summed E-state index contributed by atoms with van der Waals surface area (Å²) in [6.45, 7) is 1.89. The van der Waals surface area contributed by atoms with E-state index in [4.69, 9.17) is 0 Å². The first kappa shape index (κ1) is 19.6. The van der Waals surface area contributed by atoms with Crippen LogP contribution in [0.3, 0.4) is 0 Å². The molecule has 3 rings (SSSR count). The molecule has 0 bridgehead atoms. The SMILES string of the molecule is Cc1ccccc1[C@H](CC(=O)O)NC(=O)CC[C@@H]1Cc2ccccc2NC1=O. The predicted octanol–water partition coefficient (Wildman–Crippen LogP) is 3.22. The Labute approximate surface area is 164 Å². The van der Waals surface area contributed by atoms with Crippen LogP contribution in [0.15, 0.2) is 48.5 Å². The Morgan fingerprint density at radius 2 is 1.89 bits per heavy atom. The summed E-state index contributed by atoms with van der Waals surface area (Å²) in [6.07, 6.45) is 1.00. The van der Waals surface area contributed by atoms with Crippen LogP contribution in [-0.2, 0) is 20.8 Å². The van der Waals surface area contributed by atoms with Crippen molar-refractivity contribution in [3.05, 3.63) is 65.2 Å². The predicted molar refractivity (Wildman–Crippen MR) is 106 cm³/mol. The van der Waals surface area contributed by atoms with E-state index in [2.05, 4.69) is 10.6 Å². The molecule has 1 aliphatic rings. The second kappa shape index (κ2) is 8.69. The van der Waals surface area contributed by atoms with Crippen LogP contribution in [0, 0.1) is 12.8 Å². The molecule has 2 amide bonds. The van der Waals surface area contributed by atoms with Crippen molar-refractivity contribution in [2.24, 2.45) is 5.92 Å².